The fourth-order valence-electron chi connectivity index (χ4n) is 2.47. The van der Waals surface area contributed by atoms with E-state index in [-0.39, 0.29) is 41.4 Å². The molecule has 0 fully saturated rings. The minimum absolute atomic E-state index is 0.123. The number of esters is 1. The van der Waals surface area contributed by atoms with Crippen LogP contribution < -0.4 is 14.8 Å². The smallest absolute Gasteiger partial charge is 0.340 e. The number of carbonyl (C=O) groups excluding carboxylic acids is 2. The van der Waals surface area contributed by atoms with Gasteiger partial charge >= 0.3 is 5.97 Å². The van der Waals surface area contributed by atoms with Crippen molar-refractivity contribution in [3.05, 3.63) is 57.6 Å². The highest BCUT2D eigenvalue weighted by atomic mass is 16.6. The predicted molar refractivity (Wildman–Crippen MR) is 103 cm³/mol. The van der Waals surface area contributed by atoms with E-state index in [2.05, 4.69) is 5.32 Å². The van der Waals surface area contributed by atoms with Gasteiger partial charge in [0.15, 0.2) is 6.61 Å². The van der Waals surface area contributed by atoms with E-state index in [1.165, 1.54) is 38.5 Å². The Kier molecular flexibility index (Phi) is 7.49. The lowest BCUT2D eigenvalue weighted by Gasteiger charge is -2.12. The SMILES string of the molecule is COc1ccc(C(=O)COC(=O)c2cc([N+](=O)[O-])ccc2NCCO)c(OC)c1. The summed E-state index contributed by atoms with van der Waals surface area (Å²) in [4.78, 5) is 35.2. The van der Waals surface area contributed by atoms with E-state index in [0.29, 0.717) is 5.75 Å². The van der Waals surface area contributed by atoms with Crippen LogP contribution >= 0.6 is 0 Å². The van der Waals surface area contributed by atoms with Crippen LogP contribution in [0.4, 0.5) is 11.4 Å². The van der Waals surface area contributed by atoms with Gasteiger partial charge in [0.1, 0.15) is 11.5 Å². The van der Waals surface area contributed by atoms with Crippen molar-refractivity contribution in [1.29, 1.82) is 0 Å². The number of Topliss-reactive ketones (excluding diaryl/α,β-unsaturated/α-hetero) is 1. The zero-order chi connectivity index (χ0) is 21.4. The molecular formula is C19H20N2O8. The van der Waals surface area contributed by atoms with E-state index in [1.54, 1.807) is 6.07 Å². The molecule has 2 aromatic carbocycles. The highest BCUT2D eigenvalue weighted by molar-refractivity contribution is 6.02. The highest BCUT2D eigenvalue weighted by Gasteiger charge is 2.20. The molecule has 0 atom stereocenters. The molecule has 0 spiro atoms. The van der Waals surface area contributed by atoms with Crippen LogP contribution in [0.2, 0.25) is 0 Å². The molecule has 0 radical (unpaired) electrons. The molecule has 0 heterocycles. The fourth-order valence-corrected chi connectivity index (χ4v) is 2.47. The van der Waals surface area contributed by atoms with Crippen molar-refractivity contribution in [3.63, 3.8) is 0 Å². The monoisotopic (exact) mass is 404 g/mol. The number of anilines is 1. The molecule has 0 aliphatic carbocycles. The lowest BCUT2D eigenvalue weighted by molar-refractivity contribution is -0.384. The Bertz CT molecular complexity index is 913. The number of aliphatic hydroxyl groups is 1. The van der Waals surface area contributed by atoms with E-state index >= 15 is 0 Å². The minimum atomic E-state index is -0.921. The van der Waals surface area contributed by atoms with Crippen molar-refractivity contribution in [2.45, 2.75) is 0 Å². The first-order valence-electron chi connectivity index (χ1n) is 8.46. The van der Waals surface area contributed by atoms with Crippen LogP contribution in [0, 0.1) is 10.1 Å². The third-order valence-corrected chi connectivity index (χ3v) is 3.90. The number of hydrogen-bond donors (Lipinski definition) is 2. The number of benzene rings is 2. The molecule has 2 aromatic rings. The van der Waals surface area contributed by atoms with E-state index in [4.69, 9.17) is 19.3 Å². The second kappa shape index (κ2) is 10.0. The number of aliphatic hydroxyl groups excluding tert-OH is 1. The van der Waals surface area contributed by atoms with Crippen LogP contribution in [0.3, 0.4) is 0 Å². The molecule has 0 aromatic heterocycles. The third-order valence-electron chi connectivity index (χ3n) is 3.90. The van der Waals surface area contributed by atoms with Crippen LogP contribution in [0.15, 0.2) is 36.4 Å². The molecule has 2 rings (SSSR count). The number of methoxy groups -OCH3 is 2. The van der Waals surface area contributed by atoms with E-state index in [1.807, 2.05) is 0 Å². The summed E-state index contributed by atoms with van der Waals surface area (Å²) in [5.41, 5.74) is -0.000284. The van der Waals surface area contributed by atoms with E-state index in [9.17, 15) is 19.7 Å². The lowest BCUT2D eigenvalue weighted by Crippen LogP contribution is -2.17. The van der Waals surface area contributed by atoms with Crippen molar-refractivity contribution in [2.24, 2.45) is 0 Å². The van der Waals surface area contributed by atoms with Crippen LogP contribution in [0.1, 0.15) is 20.7 Å². The lowest BCUT2D eigenvalue weighted by atomic mass is 10.1. The summed E-state index contributed by atoms with van der Waals surface area (Å²) in [6.07, 6.45) is 0. The number of ether oxygens (including phenoxy) is 3. The van der Waals surface area contributed by atoms with Crippen molar-refractivity contribution >= 4 is 23.1 Å². The number of rotatable bonds is 10. The molecule has 29 heavy (non-hydrogen) atoms. The summed E-state index contributed by atoms with van der Waals surface area (Å²) in [6.45, 7) is -0.676. The molecule has 0 aliphatic rings. The van der Waals surface area contributed by atoms with Gasteiger partial charge in [0, 0.05) is 30.4 Å². The summed E-state index contributed by atoms with van der Waals surface area (Å²) in [6, 6.07) is 8.15. The summed E-state index contributed by atoms with van der Waals surface area (Å²) in [5, 5.41) is 22.7. The summed E-state index contributed by atoms with van der Waals surface area (Å²) < 4.78 is 15.3. The van der Waals surface area contributed by atoms with Crippen molar-refractivity contribution < 1.29 is 33.8 Å². The number of non-ortho nitro benzene ring substituents is 1. The molecule has 0 amide bonds. The highest BCUT2D eigenvalue weighted by Crippen LogP contribution is 2.26. The van der Waals surface area contributed by atoms with Gasteiger partial charge in [-0.2, -0.15) is 0 Å². The zero-order valence-corrected chi connectivity index (χ0v) is 15.8. The molecule has 0 aliphatic heterocycles. The van der Waals surface area contributed by atoms with Gasteiger partial charge in [0.2, 0.25) is 5.78 Å². The van der Waals surface area contributed by atoms with Crippen LogP contribution in [0.25, 0.3) is 0 Å². The van der Waals surface area contributed by atoms with Gasteiger partial charge in [-0.3, -0.25) is 14.9 Å². The second-order valence-corrected chi connectivity index (χ2v) is 5.70. The molecule has 0 saturated heterocycles. The predicted octanol–water partition coefficient (Wildman–Crippen LogP) is 2.06. The Balaban J connectivity index is 2.18. The van der Waals surface area contributed by atoms with Gasteiger partial charge < -0.3 is 24.6 Å². The quantitative estimate of drug-likeness (QED) is 0.264. The number of nitro groups is 1. The first-order valence-corrected chi connectivity index (χ1v) is 8.46. The molecule has 2 N–H and O–H groups in total. The van der Waals surface area contributed by atoms with Crippen LogP contribution in [0.5, 0.6) is 11.5 Å². The van der Waals surface area contributed by atoms with E-state index < -0.39 is 23.3 Å². The Morgan fingerprint density at radius 2 is 1.86 bits per heavy atom. The van der Waals surface area contributed by atoms with Crippen LogP contribution in [-0.4, -0.2) is 55.8 Å². The first-order chi connectivity index (χ1) is 13.9. The molecule has 0 unspecified atom stereocenters. The summed E-state index contributed by atoms with van der Waals surface area (Å²) >= 11 is 0. The van der Waals surface area contributed by atoms with Crippen LogP contribution in [-0.2, 0) is 4.74 Å². The Labute approximate surface area is 166 Å². The van der Waals surface area contributed by atoms with E-state index in [0.717, 1.165) is 6.07 Å². The van der Waals surface area contributed by atoms with Gasteiger partial charge in [-0.15, -0.1) is 0 Å². The maximum Gasteiger partial charge on any atom is 0.340 e. The maximum absolute atomic E-state index is 12.4. The summed E-state index contributed by atoms with van der Waals surface area (Å²) in [7, 11) is 2.86. The molecule has 0 saturated carbocycles. The molecule has 10 nitrogen and oxygen atoms in total. The Morgan fingerprint density at radius 1 is 1.10 bits per heavy atom. The average Bonchev–Trinajstić information content (AvgIpc) is 2.74. The zero-order valence-electron chi connectivity index (χ0n) is 15.8. The first kappa shape index (κ1) is 21.6. The maximum atomic E-state index is 12.4. The van der Waals surface area contributed by atoms with Gasteiger partial charge in [0.25, 0.3) is 5.69 Å². The Morgan fingerprint density at radius 3 is 2.48 bits per heavy atom. The third kappa shape index (κ3) is 5.42. The Hall–Kier alpha value is -3.66. The van der Waals surface area contributed by atoms with Gasteiger partial charge in [-0.1, -0.05) is 0 Å². The number of carbonyl (C=O) groups is 2. The van der Waals surface area contributed by atoms with Crippen molar-refractivity contribution in [2.75, 3.05) is 39.3 Å². The number of hydrogen-bond acceptors (Lipinski definition) is 9. The van der Waals surface area contributed by atoms with Gasteiger partial charge in [-0.25, -0.2) is 4.79 Å². The second-order valence-electron chi connectivity index (χ2n) is 5.70. The summed E-state index contributed by atoms with van der Waals surface area (Å²) in [5.74, 6) is -0.694. The fraction of sp³-hybridized carbons (Fsp3) is 0.263. The standard InChI is InChI=1S/C19H20N2O8/c1-27-13-4-5-14(18(10-13)28-2)17(23)11-29-19(24)15-9-12(21(25)26)3-6-16(15)20-7-8-22/h3-6,9-10,20,22H,7-8,11H2,1-2H3. The largest absolute Gasteiger partial charge is 0.497 e. The average molecular weight is 404 g/mol. The molecular weight excluding hydrogens is 384 g/mol. The minimum Gasteiger partial charge on any atom is -0.497 e. The normalized spacial score (nSPS) is 10.2. The molecule has 154 valence electrons. The topological polar surface area (TPSA) is 137 Å². The molecule has 0 bridgehead atoms. The van der Waals surface area contributed by atoms with Crippen molar-refractivity contribution in [3.8, 4) is 11.5 Å². The number of nitrogens with one attached hydrogen (secondary N) is 1. The number of nitrogens with zero attached hydrogens (tertiary/aromatic N) is 1. The van der Waals surface area contributed by atoms with Gasteiger partial charge in [0.05, 0.1) is 36.9 Å². The number of ketones is 1. The van der Waals surface area contributed by atoms with Gasteiger partial charge in [-0.05, 0) is 18.2 Å². The molecule has 10 heteroatoms. The number of nitro benzene ring substituents is 1. The van der Waals surface area contributed by atoms with Crippen molar-refractivity contribution in [1.82, 2.24) is 0 Å².